The summed E-state index contributed by atoms with van der Waals surface area (Å²) in [6.45, 7) is 0.731. The number of nitrogens with zero attached hydrogens (tertiary/aromatic N) is 4. The Labute approximate surface area is 82.0 Å². The lowest BCUT2D eigenvalue weighted by Gasteiger charge is -1.97. The van der Waals surface area contributed by atoms with Crippen LogP contribution in [0.15, 0.2) is 18.5 Å². The van der Waals surface area contributed by atoms with Crippen molar-refractivity contribution >= 4 is 5.78 Å². The first-order valence-corrected chi connectivity index (χ1v) is 4.76. The number of unbranched alkanes of at least 4 members (excludes halogenated alkanes) is 1. The van der Waals surface area contributed by atoms with Gasteiger partial charge in [0.05, 0.1) is 0 Å². The van der Waals surface area contributed by atoms with E-state index >= 15 is 0 Å². The number of nitrogens with two attached hydrogens (primary N) is 1. The molecule has 0 bridgehead atoms. The summed E-state index contributed by atoms with van der Waals surface area (Å²) < 4.78 is 1.91. The summed E-state index contributed by atoms with van der Waals surface area (Å²) in [6.07, 6.45) is 6.62. The Bertz CT molecular complexity index is 408. The normalized spacial score (nSPS) is 10.9. The maximum atomic E-state index is 5.43. The highest BCUT2D eigenvalue weighted by atomic mass is 15.3. The van der Waals surface area contributed by atoms with E-state index in [-0.39, 0.29) is 0 Å². The van der Waals surface area contributed by atoms with Crippen LogP contribution >= 0.6 is 0 Å². The van der Waals surface area contributed by atoms with E-state index in [9.17, 15) is 0 Å². The van der Waals surface area contributed by atoms with Crippen LogP contribution in [-0.4, -0.2) is 26.1 Å². The van der Waals surface area contributed by atoms with E-state index in [1.54, 1.807) is 6.20 Å². The van der Waals surface area contributed by atoms with Gasteiger partial charge in [0, 0.05) is 18.8 Å². The molecular weight excluding hydrogens is 178 g/mol. The van der Waals surface area contributed by atoms with Crippen LogP contribution in [-0.2, 0) is 6.42 Å². The average molecular weight is 191 g/mol. The quantitative estimate of drug-likeness (QED) is 0.710. The molecule has 0 aromatic carbocycles. The van der Waals surface area contributed by atoms with Crippen LogP contribution in [0.2, 0.25) is 0 Å². The standard InChI is InChI=1S/C9H13N5/c10-5-2-1-4-8-12-13-9-11-6-3-7-14(8)9/h3,6-7H,1-2,4-5,10H2. The molecule has 2 aromatic rings. The van der Waals surface area contributed by atoms with E-state index in [0.717, 1.165) is 31.6 Å². The number of hydrogen-bond donors (Lipinski definition) is 1. The predicted octanol–water partition coefficient (Wildman–Crippen LogP) is 0.406. The fourth-order valence-electron chi connectivity index (χ4n) is 1.39. The molecule has 0 aliphatic carbocycles. The SMILES string of the molecule is NCCCCc1nnc2ncccn12. The molecule has 0 saturated heterocycles. The number of rotatable bonds is 4. The number of aryl methyl sites for hydroxylation is 1. The summed E-state index contributed by atoms with van der Waals surface area (Å²) in [5, 5.41) is 8.04. The molecule has 0 aliphatic rings. The van der Waals surface area contributed by atoms with Crippen molar-refractivity contribution in [3.05, 3.63) is 24.3 Å². The third-order valence-corrected chi connectivity index (χ3v) is 2.11. The molecule has 2 heterocycles. The van der Waals surface area contributed by atoms with Crippen LogP contribution in [0.25, 0.3) is 5.78 Å². The molecule has 2 N–H and O–H groups in total. The predicted molar refractivity (Wildman–Crippen MR) is 52.8 cm³/mol. The lowest BCUT2D eigenvalue weighted by Crippen LogP contribution is -2.01. The van der Waals surface area contributed by atoms with E-state index in [0.29, 0.717) is 5.78 Å². The zero-order chi connectivity index (χ0) is 9.80. The molecule has 0 saturated carbocycles. The fraction of sp³-hybridized carbons (Fsp3) is 0.444. The van der Waals surface area contributed by atoms with Crippen molar-refractivity contribution < 1.29 is 0 Å². The second-order valence-corrected chi connectivity index (χ2v) is 3.15. The van der Waals surface area contributed by atoms with Gasteiger partial charge in [0.25, 0.3) is 5.78 Å². The third-order valence-electron chi connectivity index (χ3n) is 2.11. The second-order valence-electron chi connectivity index (χ2n) is 3.15. The highest BCUT2D eigenvalue weighted by Gasteiger charge is 2.03. The van der Waals surface area contributed by atoms with Gasteiger partial charge in [-0.3, -0.25) is 4.40 Å². The van der Waals surface area contributed by atoms with Crippen molar-refractivity contribution in [1.82, 2.24) is 19.6 Å². The first-order valence-electron chi connectivity index (χ1n) is 4.76. The monoisotopic (exact) mass is 191 g/mol. The van der Waals surface area contributed by atoms with Gasteiger partial charge in [0.2, 0.25) is 0 Å². The molecule has 5 heteroatoms. The summed E-state index contributed by atoms with van der Waals surface area (Å²) >= 11 is 0. The zero-order valence-corrected chi connectivity index (χ0v) is 7.93. The first kappa shape index (κ1) is 9.08. The van der Waals surface area contributed by atoms with Crippen molar-refractivity contribution in [3.8, 4) is 0 Å². The fourth-order valence-corrected chi connectivity index (χ4v) is 1.39. The molecule has 0 amide bonds. The topological polar surface area (TPSA) is 69.1 Å². The molecule has 0 fully saturated rings. The molecule has 74 valence electrons. The average Bonchev–Trinajstić information content (AvgIpc) is 2.63. The Morgan fingerprint density at radius 2 is 2.21 bits per heavy atom. The minimum atomic E-state index is 0.662. The van der Waals surface area contributed by atoms with Gasteiger partial charge in [-0.25, -0.2) is 4.98 Å². The summed E-state index contributed by atoms with van der Waals surface area (Å²) in [5.41, 5.74) is 5.43. The van der Waals surface area contributed by atoms with Gasteiger partial charge in [0.1, 0.15) is 5.82 Å². The Morgan fingerprint density at radius 1 is 1.29 bits per heavy atom. The maximum Gasteiger partial charge on any atom is 0.254 e. The molecule has 0 atom stereocenters. The first-order chi connectivity index (χ1) is 6.92. The Kier molecular flexibility index (Phi) is 2.69. The van der Waals surface area contributed by atoms with Crippen molar-refractivity contribution in [2.24, 2.45) is 5.73 Å². The summed E-state index contributed by atoms with van der Waals surface area (Å²) in [7, 11) is 0. The third kappa shape index (κ3) is 1.72. The van der Waals surface area contributed by atoms with Gasteiger partial charge in [-0.15, -0.1) is 10.2 Å². The molecule has 5 nitrogen and oxygen atoms in total. The van der Waals surface area contributed by atoms with Crippen LogP contribution in [0, 0.1) is 0 Å². The van der Waals surface area contributed by atoms with E-state index in [2.05, 4.69) is 15.2 Å². The number of aromatic nitrogens is 4. The van der Waals surface area contributed by atoms with E-state index < -0.39 is 0 Å². The lowest BCUT2D eigenvalue weighted by atomic mass is 10.2. The molecule has 2 aromatic heterocycles. The van der Waals surface area contributed by atoms with Crippen LogP contribution in [0.3, 0.4) is 0 Å². The summed E-state index contributed by atoms with van der Waals surface area (Å²) in [6, 6.07) is 1.88. The molecule has 0 unspecified atom stereocenters. The molecule has 0 spiro atoms. The zero-order valence-electron chi connectivity index (χ0n) is 7.93. The van der Waals surface area contributed by atoms with Gasteiger partial charge in [-0.2, -0.15) is 0 Å². The largest absolute Gasteiger partial charge is 0.330 e. The summed E-state index contributed by atoms with van der Waals surface area (Å²) in [5.74, 6) is 1.62. The van der Waals surface area contributed by atoms with Crippen molar-refractivity contribution in [3.63, 3.8) is 0 Å². The van der Waals surface area contributed by atoms with E-state index in [1.165, 1.54) is 0 Å². The van der Waals surface area contributed by atoms with Gasteiger partial charge in [-0.1, -0.05) is 0 Å². The van der Waals surface area contributed by atoms with Crippen LogP contribution in [0.5, 0.6) is 0 Å². The number of fused-ring (bicyclic) bond motifs is 1. The number of hydrogen-bond acceptors (Lipinski definition) is 4. The second kappa shape index (κ2) is 4.15. The Morgan fingerprint density at radius 3 is 3.07 bits per heavy atom. The van der Waals surface area contributed by atoms with Gasteiger partial charge >= 0.3 is 0 Å². The summed E-state index contributed by atoms with van der Waals surface area (Å²) in [4.78, 5) is 4.09. The van der Waals surface area contributed by atoms with E-state index in [4.69, 9.17) is 5.73 Å². The highest BCUT2D eigenvalue weighted by molar-refractivity contribution is 5.25. The molecular formula is C9H13N5. The minimum absolute atomic E-state index is 0.662. The van der Waals surface area contributed by atoms with Crippen molar-refractivity contribution in [2.45, 2.75) is 19.3 Å². The molecule has 14 heavy (non-hydrogen) atoms. The van der Waals surface area contributed by atoms with E-state index in [1.807, 2.05) is 16.7 Å². The van der Waals surface area contributed by atoms with Crippen LogP contribution < -0.4 is 5.73 Å². The smallest absolute Gasteiger partial charge is 0.254 e. The molecule has 0 radical (unpaired) electrons. The Hall–Kier alpha value is -1.49. The van der Waals surface area contributed by atoms with Gasteiger partial charge < -0.3 is 5.73 Å². The van der Waals surface area contributed by atoms with Crippen LogP contribution in [0.4, 0.5) is 0 Å². The molecule has 0 aliphatic heterocycles. The minimum Gasteiger partial charge on any atom is -0.330 e. The van der Waals surface area contributed by atoms with Crippen molar-refractivity contribution in [2.75, 3.05) is 6.54 Å². The van der Waals surface area contributed by atoms with Gasteiger partial charge in [0.15, 0.2) is 0 Å². The maximum absolute atomic E-state index is 5.43. The molecule has 2 rings (SSSR count). The highest BCUT2D eigenvalue weighted by Crippen LogP contribution is 2.03. The van der Waals surface area contributed by atoms with Gasteiger partial charge in [-0.05, 0) is 25.5 Å². The van der Waals surface area contributed by atoms with Crippen molar-refractivity contribution in [1.29, 1.82) is 0 Å². The lowest BCUT2D eigenvalue weighted by molar-refractivity contribution is 0.709. The Balaban J connectivity index is 2.17. The van der Waals surface area contributed by atoms with Crippen LogP contribution in [0.1, 0.15) is 18.7 Å².